The van der Waals surface area contributed by atoms with Crippen molar-refractivity contribution < 1.29 is 14.3 Å². The zero-order chi connectivity index (χ0) is 18.4. The zero-order valence-electron chi connectivity index (χ0n) is 15.4. The van der Waals surface area contributed by atoms with Crippen LogP contribution in [-0.4, -0.2) is 31.2 Å². The molecule has 2 fully saturated rings. The average molecular weight is 359 g/mol. The Labute approximate surface area is 155 Å². The number of hydrogen-bond acceptors (Lipinski definition) is 3. The molecule has 142 valence electrons. The Hall–Kier alpha value is -2.08. The summed E-state index contributed by atoms with van der Waals surface area (Å²) in [5, 5.41) is 8.48. The summed E-state index contributed by atoms with van der Waals surface area (Å²) in [7, 11) is 0. The summed E-state index contributed by atoms with van der Waals surface area (Å²) in [4.78, 5) is 23.8. The lowest BCUT2D eigenvalue weighted by atomic mass is 9.88. The maximum Gasteiger partial charge on any atom is 0.319 e. The summed E-state index contributed by atoms with van der Waals surface area (Å²) in [5.74, 6) is 0.814. The van der Waals surface area contributed by atoms with Crippen molar-refractivity contribution in [2.45, 2.75) is 51.6 Å². The van der Waals surface area contributed by atoms with Crippen molar-refractivity contribution in [1.82, 2.24) is 5.32 Å². The Morgan fingerprint density at radius 3 is 2.54 bits per heavy atom. The van der Waals surface area contributed by atoms with Crippen LogP contribution in [0.2, 0.25) is 0 Å². The molecule has 2 unspecified atom stereocenters. The van der Waals surface area contributed by atoms with Crippen LogP contribution in [0.1, 0.15) is 45.4 Å². The van der Waals surface area contributed by atoms with Gasteiger partial charge in [-0.3, -0.25) is 4.79 Å². The number of carbonyl (C=O) groups excluding carboxylic acids is 2. The monoisotopic (exact) mass is 359 g/mol. The van der Waals surface area contributed by atoms with Gasteiger partial charge >= 0.3 is 6.03 Å². The summed E-state index contributed by atoms with van der Waals surface area (Å²) < 4.78 is 5.90. The zero-order valence-corrected chi connectivity index (χ0v) is 15.4. The van der Waals surface area contributed by atoms with Gasteiger partial charge in [-0.25, -0.2) is 4.79 Å². The lowest BCUT2D eigenvalue weighted by molar-refractivity contribution is -0.117. The van der Waals surface area contributed by atoms with E-state index in [4.69, 9.17) is 4.74 Å². The summed E-state index contributed by atoms with van der Waals surface area (Å²) in [6.45, 7) is 3.24. The minimum atomic E-state index is -0.268. The van der Waals surface area contributed by atoms with Crippen molar-refractivity contribution in [3.8, 4) is 0 Å². The number of hydrogen-bond donors (Lipinski definition) is 3. The highest BCUT2D eigenvalue weighted by molar-refractivity contribution is 5.95. The first-order valence-electron chi connectivity index (χ1n) is 9.69. The van der Waals surface area contributed by atoms with Gasteiger partial charge in [0.1, 0.15) is 0 Å². The first-order chi connectivity index (χ1) is 12.6. The number of amides is 3. The van der Waals surface area contributed by atoms with Crippen molar-refractivity contribution >= 4 is 23.3 Å². The molecular weight excluding hydrogens is 330 g/mol. The fourth-order valence-corrected chi connectivity index (χ4v) is 3.34. The van der Waals surface area contributed by atoms with Gasteiger partial charge in [-0.1, -0.05) is 25.8 Å². The van der Waals surface area contributed by atoms with Crippen molar-refractivity contribution in [2.75, 3.05) is 23.8 Å². The van der Waals surface area contributed by atoms with Crippen LogP contribution in [0.3, 0.4) is 0 Å². The van der Waals surface area contributed by atoms with Crippen LogP contribution in [0.4, 0.5) is 16.2 Å². The minimum Gasteiger partial charge on any atom is -0.376 e. The first kappa shape index (κ1) is 18.7. The van der Waals surface area contributed by atoms with Gasteiger partial charge in [-0.15, -0.1) is 0 Å². The molecule has 0 spiro atoms. The third-order valence-electron chi connectivity index (χ3n) is 5.09. The average Bonchev–Trinajstić information content (AvgIpc) is 3.45. The summed E-state index contributed by atoms with van der Waals surface area (Å²) >= 11 is 0. The number of rotatable bonds is 7. The van der Waals surface area contributed by atoms with Crippen LogP contribution in [0, 0.1) is 11.8 Å². The molecule has 1 aromatic rings. The Kier molecular flexibility index (Phi) is 6.50. The van der Waals surface area contributed by atoms with Crippen LogP contribution < -0.4 is 16.0 Å². The van der Waals surface area contributed by atoms with E-state index in [1.54, 1.807) is 12.1 Å². The smallest absolute Gasteiger partial charge is 0.319 e. The quantitative estimate of drug-likeness (QED) is 0.649. The van der Waals surface area contributed by atoms with E-state index in [2.05, 4.69) is 22.9 Å². The summed E-state index contributed by atoms with van der Waals surface area (Å²) in [6, 6.07) is 6.93. The number of ether oxygens (including phenoxy) is 1. The molecule has 6 nitrogen and oxygen atoms in total. The molecule has 0 heterocycles. The van der Waals surface area contributed by atoms with Crippen LogP contribution >= 0.6 is 0 Å². The van der Waals surface area contributed by atoms with E-state index in [9.17, 15) is 9.59 Å². The predicted octanol–water partition coefficient (Wildman–Crippen LogP) is 3.75. The highest BCUT2D eigenvalue weighted by Crippen LogP contribution is 2.30. The Bertz CT molecular complexity index is 630. The van der Waals surface area contributed by atoms with Crippen LogP contribution in [-0.2, 0) is 9.53 Å². The molecule has 26 heavy (non-hydrogen) atoms. The van der Waals surface area contributed by atoms with Gasteiger partial charge in [-0.2, -0.15) is 0 Å². The molecule has 3 rings (SSSR count). The van der Waals surface area contributed by atoms with Gasteiger partial charge in [0.2, 0.25) is 5.91 Å². The molecule has 2 saturated carbocycles. The highest BCUT2D eigenvalue weighted by Gasteiger charge is 2.29. The van der Waals surface area contributed by atoms with Crippen molar-refractivity contribution in [3.05, 3.63) is 24.3 Å². The number of anilines is 2. The molecule has 0 aliphatic heterocycles. The third kappa shape index (κ3) is 5.73. The van der Waals surface area contributed by atoms with E-state index in [0.717, 1.165) is 19.3 Å². The molecule has 0 saturated heterocycles. The fraction of sp³-hybridized carbons (Fsp3) is 0.600. The minimum absolute atomic E-state index is 0.0562. The van der Waals surface area contributed by atoms with Gasteiger partial charge < -0.3 is 20.7 Å². The van der Waals surface area contributed by atoms with Crippen molar-refractivity contribution in [2.24, 2.45) is 11.8 Å². The second-order valence-corrected chi connectivity index (χ2v) is 7.40. The molecular formula is C20H29N3O3. The van der Waals surface area contributed by atoms with Gasteiger partial charge in [0.15, 0.2) is 0 Å². The Morgan fingerprint density at radius 1 is 1.08 bits per heavy atom. The second kappa shape index (κ2) is 9.03. The Morgan fingerprint density at radius 2 is 1.81 bits per heavy atom. The molecule has 3 amide bonds. The number of benzene rings is 1. The largest absolute Gasteiger partial charge is 0.376 e. The topological polar surface area (TPSA) is 79.5 Å². The molecule has 0 aromatic heterocycles. The van der Waals surface area contributed by atoms with Crippen LogP contribution in [0.25, 0.3) is 0 Å². The lowest BCUT2D eigenvalue weighted by Gasteiger charge is -2.28. The Balaban J connectivity index is 1.36. The molecule has 2 aliphatic rings. The third-order valence-corrected chi connectivity index (χ3v) is 5.09. The molecule has 2 atom stereocenters. The van der Waals surface area contributed by atoms with Gasteiger partial charge in [-0.05, 0) is 49.8 Å². The normalized spacial score (nSPS) is 22.5. The van der Waals surface area contributed by atoms with E-state index in [-0.39, 0.29) is 17.9 Å². The molecule has 6 heteroatoms. The molecule has 3 N–H and O–H groups in total. The molecule has 2 aliphatic carbocycles. The fourth-order valence-electron chi connectivity index (χ4n) is 3.34. The summed E-state index contributed by atoms with van der Waals surface area (Å²) in [5.41, 5.74) is 1.35. The molecule has 1 aromatic carbocycles. The van der Waals surface area contributed by atoms with Crippen LogP contribution in [0.5, 0.6) is 0 Å². The maximum atomic E-state index is 12.0. The van der Waals surface area contributed by atoms with Gasteiger partial charge in [0, 0.05) is 23.8 Å². The predicted molar refractivity (Wildman–Crippen MR) is 102 cm³/mol. The van der Waals surface area contributed by atoms with E-state index in [0.29, 0.717) is 36.5 Å². The van der Waals surface area contributed by atoms with Crippen molar-refractivity contribution in [3.63, 3.8) is 0 Å². The van der Waals surface area contributed by atoms with Gasteiger partial charge in [0.05, 0.1) is 12.7 Å². The lowest BCUT2D eigenvalue weighted by Crippen LogP contribution is -2.34. The van der Waals surface area contributed by atoms with E-state index in [1.165, 1.54) is 19.3 Å². The molecule has 0 radical (unpaired) electrons. The summed E-state index contributed by atoms with van der Waals surface area (Å²) in [6.07, 6.45) is 7.12. The van der Waals surface area contributed by atoms with Gasteiger partial charge in [0.25, 0.3) is 0 Å². The number of urea groups is 1. The van der Waals surface area contributed by atoms with Crippen molar-refractivity contribution in [1.29, 1.82) is 0 Å². The first-order valence-corrected chi connectivity index (χ1v) is 9.69. The second-order valence-electron chi connectivity index (χ2n) is 7.40. The maximum absolute atomic E-state index is 12.0. The van der Waals surface area contributed by atoms with E-state index >= 15 is 0 Å². The number of carbonyl (C=O) groups is 2. The van der Waals surface area contributed by atoms with E-state index in [1.807, 2.05) is 12.1 Å². The SMILES string of the molecule is CC1CCCCC1OCCNC(=O)Nc1cccc(NC(=O)C2CC2)c1. The number of nitrogens with one attached hydrogen (secondary N) is 3. The van der Waals surface area contributed by atoms with Crippen LogP contribution in [0.15, 0.2) is 24.3 Å². The van der Waals surface area contributed by atoms with E-state index < -0.39 is 0 Å². The standard InChI is InChI=1S/C20H29N3O3/c1-14-5-2-3-8-18(14)26-12-11-21-20(25)23-17-7-4-6-16(13-17)22-19(24)15-9-10-15/h4,6-7,13-15,18H,2-3,5,8-12H2,1H3,(H,22,24)(H2,21,23,25). The highest BCUT2D eigenvalue weighted by atomic mass is 16.5. The molecule has 0 bridgehead atoms.